The predicted octanol–water partition coefficient (Wildman–Crippen LogP) is 3.09. The number of benzene rings is 2. The van der Waals surface area contributed by atoms with Gasteiger partial charge in [0, 0.05) is 0 Å². The molecule has 0 spiro atoms. The summed E-state index contributed by atoms with van der Waals surface area (Å²) in [5, 5.41) is 7.33. The van der Waals surface area contributed by atoms with Crippen LogP contribution in [-0.4, -0.2) is 25.8 Å². The van der Waals surface area contributed by atoms with E-state index >= 15 is 0 Å². The predicted molar refractivity (Wildman–Crippen MR) is 99.7 cm³/mol. The van der Waals surface area contributed by atoms with Gasteiger partial charge in [-0.3, -0.25) is 4.28 Å². The molecule has 27 heavy (non-hydrogen) atoms. The van der Waals surface area contributed by atoms with Crippen molar-refractivity contribution in [3.63, 3.8) is 0 Å². The van der Waals surface area contributed by atoms with E-state index in [-0.39, 0.29) is 10.6 Å². The van der Waals surface area contributed by atoms with Crippen molar-refractivity contribution in [2.45, 2.75) is 4.90 Å². The molecule has 0 aliphatic heterocycles. The maximum atomic E-state index is 12.0. The second-order valence-electron chi connectivity index (χ2n) is 5.29. The minimum atomic E-state index is -3.98. The fourth-order valence-electron chi connectivity index (χ4n) is 2.02. The van der Waals surface area contributed by atoms with Gasteiger partial charge in [-0.1, -0.05) is 46.7 Å². The smallest absolute Gasteiger partial charge is 0.312 e. The minimum absolute atomic E-state index is 0.00759. The van der Waals surface area contributed by atoms with Gasteiger partial charge in [-0.05, 0) is 48.6 Å². The van der Waals surface area contributed by atoms with E-state index in [0.29, 0.717) is 11.3 Å². The molecule has 0 saturated heterocycles. The Morgan fingerprint density at radius 2 is 1.26 bits per heavy atom. The summed E-state index contributed by atoms with van der Waals surface area (Å²) in [5.41, 5.74) is 1.01. The van der Waals surface area contributed by atoms with Crippen LogP contribution in [0.5, 0.6) is 0 Å². The molecule has 0 saturated carbocycles. The van der Waals surface area contributed by atoms with Gasteiger partial charge in [-0.25, -0.2) is 4.79 Å². The Kier molecular flexibility index (Phi) is 5.58. The van der Waals surface area contributed by atoms with Crippen LogP contribution < -0.4 is 0 Å². The molecular weight excluding hydrogens is 368 g/mol. The average molecular weight is 382 g/mol. The van der Waals surface area contributed by atoms with Gasteiger partial charge in [0.1, 0.15) is 16.3 Å². The fraction of sp³-hybridized carbons (Fsp3) is 0. The summed E-state index contributed by atoms with van der Waals surface area (Å²) in [7, 11) is -3.98. The highest BCUT2D eigenvalue weighted by molar-refractivity contribution is 7.86. The molecule has 0 unspecified atom stereocenters. The van der Waals surface area contributed by atoms with E-state index in [2.05, 4.69) is 14.6 Å². The average Bonchev–Trinajstić information content (AvgIpc) is 2.72. The maximum absolute atomic E-state index is 12.0. The first kappa shape index (κ1) is 18.3. The molecular formula is C19H14N2O5S. The van der Waals surface area contributed by atoms with Crippen molar-refractivity contribution >= 4 is 27.5 Å². The van der Waals surface area contributed by atoms with Gasteiger partial charge in [0.2, 0.25) is 0 Å². The second kappa shape index (κ2) is 8.24. The van der Waals surface area contributed by atoms with Gasteiger partial charge in [0.25, 0.3) is 0 Å². The van der Waals surface area contributed by atoms with Gasteiger partial charge in [0.15, 0.2) is 0 Å². The van der Waals surface area contributed by atoms with Crippen molar-refractivity contribution in [2.75, 3.05) is 0 Å². The molecule has 1 aliphatic carbocycles. The van der Waals surface area contributed by atoms with E-state index in [4.69, 9.17) is 4.84 Å². The monoisotopic (exact) mass is 382 g/mol. The Balaban J connectivity index is 1.61. The number of rotatable bonds is 5. The Bertz CT molecular complexity index is 1020. The van der Waals surface area contributed by atoms with Gasteiger partial charge in [-0.2, -0.15) is 8.42 Å². The quantitative estimate of drug-likeness (QED) is 0.450. The molecule has 0 N–H and O–H groups in total. The summed E-state index contributed by atoms with van der Waals surface area (Å²) in [6, 6.07) is 16.1. The maximum Gasteiger partial charge on any atom is 0.365 e. The van der Waals surface area contributed by atoms with Crippen molar-refractivity contribution in [1.82, 2.24) is 0 Å². The number of nitrogens with zero attached hydrogens (tertiary/aromatic N) is 2. The second-order valence-corrected chi connectivity index (χ2v) is 6.81. The van der Waals surface area contributed by atoms with E-state index in [9.17, 15) is 13.2 Å². The topological polar surface area (TPSA) is 94.4 Å². The van der Waals surface area contributed by atoms with Crippen molar-refractivity contribution in [1.29, 1.82) is 0 Å². The van der Waals surface area contributed by atoms with Crippen molar-refractivity contribution < 1.29 is 22.3 Å². The number of carbonyl (C=O) groups excluding carboxylic acids is 1. The van der Waals surface area contributed by atoms with Crippen molar-refractivity contribution in [3.8, 4) is 0 Å². The Morgan fingerprint density at radius 3 is 1.85 bits per heavy atom. The van der Waals surface area contributed by atoms with E-state index in [1.54, 1.807) is 48.5 Å². The third-order valence-electron chi connectivity index (χ3n) is 3.37. The van der Waals surface area contributed by atoms with Crippen molar-refractivity contribution in [3.05, 3.63) is 90.5 Å². The van der Waals surface area contributed by atoms with Crippen LogP contribution in [0.2, 0.25) is 0 Å². The first-order chi connectivity index (χ1) is 13.0. The lowest BCUT2D eigenvalue weighted by atomic mass is 10.1. The third-order valence-corrected chi connectivity index (χ3v) is 4.49. The van der Waals surface area contributed by atoms with E-state index in [1.165, 1.54) is 36.4 Å². The normalized spacial score (nSPS) is 13.2. The third kappa shape index (κ3) is 4.99. The molecule has 3 rings (SSSR count). The summed E-state index contributed by atoms with van der Waals surface area (Å²) >= 11 is 0. The molecule has 0 bridgehead atoms. The molecule has 0 amide bonds. The molecule has 2 aromatic carbocycles. The van der Waals surface area contributed by atoms with Crippen LogP contribution >= 0.6 is 0 Å². The Labute approximate surface area is 156 Å². The standard InChI is InChI=1S/C19H14N2O5S/c22-19(15-7-3-1-4-8-15)25-20-16-11-13-17(14-12-16)21-26-27(23,24)18-9-5-2-6-10-18/h1-14H. The number of allylic oxidation sites excluding steroid dienone is 4. The van der Waals surface area contributed by atoms with E-state index in [0.717, 1.165) is 0 Å². The molecule has 136 valence electrons. The summed E-state index contributed by atoms with van der Waals surface area (Å²) in [6.07, 6.45) is 5.98. The molecule has 7 nitrogen and oxygen atoms in total. The van der Waals surface area contributed by atoms with Gasteiger partial charge in [0.05, 0.1) is 5.56 Å². The molecule has 0 atom stereocenters. The number of hydrogen-bond donors (Lipinski definition) is 0. The van der Waals surface area contributed by atoms with Crippen LogP contribution in [0.3, 0.4) is 0 Å². The first-order valence-corrected chi connectivity index (χ1v) is 9.23. The summed E-state index contributed by atoms with van der Waals surface area (Å²) in [4.78, 5) is 16.7. The lowest BCUT2D eigenvalue weighted by molar-refractivity contribution is 0.0517. The van der Waals surface area contributed by atoms with Crippen LogP contribution in [0.4, 0.5) is 0 Å². The number of carbonyl (C=O) groups is 1. The molecule has 8 heteroatoms. The van der Waals surface area contributed by atoms with Gasteiger partial charge < -0.3 is 4.84 Å². The lowest BCUT2D eigenvalue weighted by Crippen LogP contribution is -2.07. The Morgan fingerprint density at radius 1 is 0.741 bits per heavy atom. The summed E-state index contributed by atoms with van der Waals surface area (Å²) < 4.78 is 28.7. The molecule has 0 aromatic heterocycles. The molecule has 2 aromatic rings. The van der Waals surface area contributed by atoms with Gasteiger partial charge >= 0.3 is 16.1 Å². The highest BCUT2D eigenvalue weighted by atomic mass is 32.2. The highest BCUT2D eigenvalue weighted by Crippen LogP contribution is 2.12. The zero-order valence-corrected chi connectivity index (χ0v) is 14.7. The molecule has 1 aliphatic rings. The largest absolute Gasteiger partial charge is 0.365 e. The fourth-order valence-corrected chi connectivity index (χ4v) is 2.78. The number of oxime groups is 2. The molecule has 0 radical (unpaired) electrons. The SMILES string of the molecule is O=C(ON=C1C=CC(=NOS(=O)(=O)c2ccccc2)C=C1)c1ccccc1. The van der Waals surface area contributed by atoms with Crippen LogP contribution in [0.15, 0.2) is 100 Å². The zero-order valence-electron chi connectivity index (χ0n) is 13.9. The first-order valence-electron chi connectivity index (χ1n) is 7.82. The highest BCUT2D eigenvalue weighted by Gasteiger charge is 2.15. The van der Waals surface area contributed by atoms with Crippen LogP contribution in [0, 0.1) is 0 Å². The molecule has 0 heterocycles. The van der Waals surface area contributed by atoms with Crippen LogP contribution in [0.25, 0.3) is 0 Å². The van der Waals surface area contributed by atoms with Crippen LogP contribution in [0.1, 0.15) is 10.4 Å². The zero-order chi connectivity index (χ0) is 19.1. The van der Waals surface area contributed by atoms with Crippen molar-refractivity contribution in [2.24, 2.45) is 10.3 Å². The molecule has 0 fully saturated rings. The lowest BCUT2D eigenvalue weighted by Gasteiger charge is -2.04. The summed E-state index contributed by atoms with van der Waals surface area (Å²) in [6.45, 7) is 0. The van der Waals surface area contributed by atoms with E-state index in [1.807, 2.05) is 0 Å². The minimum Gasteiger partial charge on any atom is -0.312 e. The summed E-state index contributed by atoms with van der Waals surface area (Å²) in [5.74, 6) is -0.582. The Hall–Kier alpha value is -3.52. The number of hydrogen-bond acceptors (Lipinski definition) is 7. The van der Waals surface area contributed by atoms with E-state index < -0.39 is 16.1 Å². The van der Waals surface area contributed by atoms with Gasteiger partial charge in [-0.15, -0.1) is 0 Å². The van der Waals surface area contributed by atoms with Crippen LogP contribution in [-0.2, 0) is 19.2 Å².